The Morgan fingerprint density at radius 3 is 1.71 bits per heavy atom. The van der Waals surface area contributed by atoms with E-state index in [-0.39, 0.29) is 25.4 Å². The van der Waals surface area contributed by atoms with Crippen LogP contribution >= 0.6 is 0 Å². The van der Waals surface area contributed by atoms with Crippen LogP contribution in [0.4, 0.5) is 13.2 Å². The Balaban J connectivity index is 1.49. The van der Waals surface area contributed by atoms with Crippen molar-refractivity contribution in [2.24, 2.45) is 0 Å². The summed E-state index contributed by atoms with van der Waals surface area (Å²) in [7, 11) is 0. The monoisotopic (exact) mass is 397 g/mol. The SMILES string of the molecule is O=C(Cc1ccc(C(F)(F)F)cc1)N1CCN(C(=O)C(=O)N2CCCC2)CC1. The van der Waals surface area contributed by atoms with Gasteiger partial charge in [-0.3, -0.25) is 14.4 Å². The number of benzene rings is 1. The lowest BCUT2D eigenvalue weighted by atomic mass is 10.1. The Bertz CT molecular complexity index is 735. The molecule has 152 valence electrons. The Kier molecular flexibility index (Phi) is 5.90. The third-order valence-electron chi connectivity index (χ3n) is 5.13. The van der Waals surface area contributed by atoms with Crippen molar-refractivity contribution < 1.29 is 27.6 Å². The van der Waals surface area contributed by atoms with Crippen molar-refractivity contribution in [3.8, 4) is 0 Å². The molecule has 0 saturated carbocycles. The van der Waals surface area contributed by atoms with Crippen LogP contribution in [0.3, 0.4) is 0 Å². The molecule has 2 fully saturated rings. The lowest BCUT2D eigenvalue weighted by Crippen LogP contribution is -2.54. The summed E-state index contributed by atoms with van der Waals surface area (Å²) in [6, 6.07) is 4.52. The second kappa shape index (κ2) is 8.20. The molecule has 0 unspecified atom stereocenters. The van der Waals surface area contributed by atoms with Gasteiger partial charge >= 0.3 is 18.0 Å². The molecule has 0 bridgehead atoms. The van der Waals surface area contributed by atoms with Gasteiger partial charge in [0.1, 0.15) is 0 Å². The maximum atomic E-state index is 12.6. The van der Waals surface area contributed by atoms with Gasteiger partial charge < -0.3 is 14.7 Å². The predicted octanol–water partition coefficient (Wildman–Crippen LogP) is 1.54. The van der Waals surface area contributed by atoms with Crippen LogP contribution in [0.1, 0.15) is 24.0 Å². The van der Waals surface area contributed by atoms with Crippen LogP contribution in [-0.4, -0.2) is 71.7 Å². The lowest BCUT2D eigenvalue weighted by Gasteiger charge is -2.35. The van der Waals surface area contributed by atoms with Crippen LogP contribution in [0, 0.1) is 0 Å². The Hall–Kier alpha value is -2.58. The number of piperazine rings is 1. The first-order valence-electron chi connectivity index (χ1n) is 9.28. The zero-order valence-corrected chi connectivity index (χ0v) is 15.4. The van der Waals surface area contributed by atoms with Crippen LogP contribution in [0.2, 0.25) is 0 Å². The molecule has 0 aromatic heterocycles. The second-order valence-corrected chi connectivity index (χ2v) is 7.04. The Morgan fingerprint density at radius 2 is 1.21 bits per heavy atom. The highest BCUT2D eigenvalue weighted by molar-refractivity contribution is 6.35. The van der Waals surface area contributed by atoms with Gasteiger partial charge in [-0.25, -0.2) is 0 Å². The molecule has 2 aliphatic heterocycles. The van der Waals surface area contributed by atoms with Crippen molar-refractivity contribution in [1.29, 1.82) is 0 Å². The molecule has 28 heavy (non-hydrogen) atoms. The molecule has 2 heterocycles. The van der Waals surface area contributed by atoms with Crippen molar-refractivity contribution >= 4 is 17.7 Å². The molecule has 0 aliphatic carbocycles. The van der Waals surface area contributed by atoms with Crippen LogP contribution in [0.5, 0.6) is 0 Å². The highest BCUT2D eigenvalue weighted by Crippen LogP contribution is 2.29. The van der Waals surface area contributed by atoms with Gasteiger partial charge in [-0.05, 0) is 30.5 Å². The number of alkyl halides is 3. The smallest absolute Gasteiger partial charge is 0.339 e. The highest BCUT2D eigenvalue weighted by Gasteiger charge is 2.32. The van der Waals surface area contributed by atoms with Gasteiger partial charge in [0.2, 0.25) is 5.91 Å². The minimum Gasteiger partial charge on any atom is -0.339 e. The first kappa shape index (κ1) is 20.2. The van der Waals surface area contributed by atoms with Crippen LogP contribution in [-0.2, 0) is 27.0 Å². The number of likely N-dealkylation sites (tertiary alicyclic amines) is 1. The van der Waals surface area contributed by atoms with Gasteiger partial charge in [-0.15, -0.1) is 0 Å². The van der Waals surface area contributed by atoms with Crippen molar-refractivity contribution in [3.05, 3.63) is 35.4 Å². The van der Waals surface area contributed by atoms with Crippen molar-refractivity contribution in [2.75, 3.05) is 39.3 Å². The van der Waals surface area contributed by atoms with Gasteiger partial charge in [0.15, 0.2) is 0 Å². The zero-order valence-electron chi connectivity index (χ0n) is 15.4. The van der Waals surface area contributed by atoms with Crippen molar-refractivity contribution in [1.82, 2.24) is 14.7 Å². The normalized spacial score (nSPS) is 17.8. The number of rotatable bonds is 2. The maximum absolute atomic E-state index is 12.6. The Morgan fingerprint density at radius 1 is 0.750 bits per heavy atom. The molecule has 0 N–H and O–H groups in total. The van der Waals surface area contributed by atoms with E-state index in [1.807, 2.05) is 0 Å². The third-order valence-corrected chi connectivity index (χ3v) is 5.13. The molecule has 0 spiro atoms. The van der Waals surface area contributed by atoms with Gasteiger partial charge in [0.05, 0.1) is 12.0 Å². The van der Waals surface area contributed by atoms with Crippen LogP contribution in [0.15, 0.2) is 24.3 Å². The largest absolute Gasteiger partial charge is 0.416 e. The molecule has 2 aliphatic rings. The van der Waals surface area contributed by atoms with Gasteiger partial charge in [0.25, 0.3) is 0 Å². The van der Waals surface area contributed by atoms with E-state index in [4.69, 9.17) is 0 Å². The van der Waals surface area contributed by atoms with Gasteiger partial charge in [0, 0.05) is 39.3 Å². The Labute approximate surface area is 160 Å². The molecule has 2 saturated heterocycles. The summed E-state index contributed by atoms with van der Waals surface area (Å²) in [5.41, 5.74) is -0.251. The van der Waals surface area contributed by atoms with E-state index in [2.05, 4.69) is 0 Å². The van der Waals surface area contributed by atoms with Crippen LogP contribution < -0.4 is 0 Å². The summed E-state index contributed by atoms with van der Waals surface area (Å²) in [6.45, 7) is 2.37. The maximum Gasteiger partial charge on any atom is 0.416 e. The van der Waals surface area contributed by atoms with Gasteiger partial charge in [-0.2, -0.15) is 13.2 Å². The fraction of sp³-hybridized carbons (Fsp3) is 0.526. The van der Waals surface area contributed by atoms with E-state index in [1.165, 1.54) is 17.0 Å². The number of carbonyl (C=O) groups excluding carboxylic acids is 3. The average Bonchev–Trinajstić information content (AvgIpc) is 3.21. The molecular formula is C19H22F3N3O3. The molecule has 9 heteroatoms. The third kappa shape index (κ3) is 4.63. The molecular weight excluding hydrogens is 375 g/mol. The summed E-state index contributed by atoms with van der Waals surface area (Å²) >= 11 is 0. The van der Waals surface area contributed by atoms with Crippen molar-refractivity contribution in [3.63, 3.8) is 0 Å². The summed E-state index contributed by atoms with van der Waals surface area (Å²) in [6.07, 6.45) is -2.59. The number of amides is 3. The van der Waals surface area contributed by atoms with E-state index in [0.717, 1.165) is 25.0 Å². The molecule has 3 amide bonds. The number of halogens is 3. The second-order valence-electron chi connectivity index (χ2n) is 7.04. The lowest BCUT2D eigenvalue weighted by molar-refractivity contribution is -0.153. The van der Waals surface area contributed by atoms with E-state index < -0.39 is 23.6 Å². The minimum atomic E-state index is -4.40. The number of carbonyl (C=O) groups is 3. The number of hydrogen-bond acceptors (Lipinski definition) is 3. The first-order chi connectivity index (χ1) is 13.3. The summed E-state index contributed by atoms with van der Waals surface area (Å²) in [4.78, 5) is 41.5. The summed E-state index contributed by atoms with van der Waals surface area (Å²) in [5, 5.41) is 0. The average molecular weight is 397 g/mol. The quantitative estimate of drug-likeness (QED) is 0.712. The van der Waals surface area contributed by atoms with E-state index in [0.29, 0.717) is 31.7 Å². The van der Waals surface area contributed by atoms with Crippen molar-refractivity contribution in [2.45, 2.75) is 25.4 Å². The van der Waals surface area contributed by atoms with E-state index in [9.17, 15) is 27.6 Å². The molecule has 0 atom stereocenters. The topological polar surface area (TPSA) is 60.9 Å². The molecule has 1 aromatic rings. The fourth-order valence-electron chi connectivity index (χ4n) is 3.45. The molecule has 0 radical (unpaired) electrons. The molecule has 1 aromatic carbocycles. The van der Waals surface area contributed by atoms with Crippen LogP contribution in [0.25, 0.3) is 0 Å². The first-order valence-corrected chi connectivity index (χ1v) is 9.28. The predicted molar refractivity (Wildman–Crippen MR) is 94.1 cm³/mol. The van der Waals surface area contributed by atoms with E-state index in [1.54, 1.807) is 9.80 Å². The standard InChI is InChI=1S/C19H22F3N3O3/c20-19(21,22)15-5-3-14(4-6-15)13-16(26)23-9-11-25(12-10-23)18(28)17(27)24-7-1-2-8-24/h3-6H,1-2,7-13H2. The highest BCUT2D eigenvalue weighted by atomic mass is 19.4. The molecule has 6 nitrogen and oxygen atoms in total. The zero-order chi connectivity index (χ0) is 20.3. The minimum absolute atomic E-state index is 0.00120. The summed E-state index contributed by atoms with van der Waals surface area (Å²) in [5.74, 6) is -1.23. The van der Waals surface area contributed by atoms with Gasteiger partial charge in [-0.1, -0.05) is 12.1 Å². The summed E-state index contributed by atoms with van der Waals surface area (Å²) < 4.78 is 37.8. The molecule has 3 rings (SSSR count). The van der Waals surface area contributed by atoms with E-state index >= 15 is 0 Å². The number of hydrogen-bond donors (Lipinski definition) is 0. The number of nitrogens with zero attached hydrogens (tertiary/aromatic N) is 3. The fourth-order valence-corrected chi connectivity index (χ4v) is 3.45.